The van der Waals surface area contributed by atoms with Gasteiger partial charge in [-0.1, -0.05) is 105 Å². The summed E-state index contributed by atoms with van der Waals surface area (Å²) in [5.41, 5.74) is 0. The van der Waals surface area contributed by atoms with Gasteiger partial charge in [-0.3, -0.25) is 0 Å². The highest BCUT2D eigenvalue weighted by Gasteiger charge is 2.05. The first-order valence-corrected chi connectivity index (χ1v) is 8.74. The zero-order valence-corrected chi connectivity index (χ0v) is 13.6. The fourth-order valence-electron chi connectivity index (χ4n) is 2.94. The van der Waals surface area contributed by atoms with E-state index in [1.54, 1.807) is 0 Å². The molecule has 0 N–H and O–H groups in total. The third-order valence-corrected chi connectivity index (χ3v) is 4.38. The lowest BCUT2D eigenvalue weighted by Gasteiger charge is -2.13. The molecule has 2 unspecified atom stereocenters. The second-order valence-electron chi connectivity index (χ2n) is 6.30. The number of rotatable bonds is 13. The van der Waals surface area contributed by atoms with Crippen molar-refractivity contribution in [3.05, 3.63) is 0 Å². The van der Waals surface area contributed by atoms with Gasteiger partial charge < -0.3 is 0 Å². The Bertz CT molecular complexity index is 150. The van der Waals surface area contributed by atoms with E-state index >= 15 is 0 Å². The molecule has 0 amide bonds. The van der Waals surface area contributed by atoms with E-state index in [1.165, 1.54) is 77.0 Å². The lowest BCUT2D eigenvalue weighted by Crippen LogP contribution is -1.98. The summed E-state index contributed by atoms with van der Waals surface area (Å²) in [6, 6.07) is 0. The molecule has 0 aliphatic carbocycles. The molecule has 0 heteroatoms. The maximum atomic E-state index is 2.43. The average Bonchev–Trinajstić information content (AvgIpc) is 2.38. The average molecular weight is 255 g/mol. The van der Waals surface area contributed by atoms with Crippen molar-refractivity contribution in [1.82, 2.24) is 0 Å². The Morgan fingerprint density at radius 1 is 0.611 bits per heavy atom. The van der Waals surface area contributed by atoms with E-state index in [4.69, 9.17) is 0 Å². The van der Waals surface area contributed by atoms with Crippen LogP contribution in [0, 0.1) is 11.8 Å². The molecule has 0 aromatic rings. The summed E-state index contributed by atoms with van der Waals surface area (Å²) in [7, 11) is 0. The summed E-state index contributed by atoms with van der Waals surface area (Å²) >= 11 is 0. The van der Waals surface area contributed by atoms with Crippen LogP contribution < -0.4 is 0 Å². The van der Waals surface area contributed by atoms with Gasteiger partial charge in [-0.05, 0) is 11.8 Å². The molecule has 0 radical (unpaired) electrons. The fraction of sp³-hybridized carbons (Fsp3) is 1.00. The van der Waals surface area contributed by atoms with Crippen LogP contribution in [0.4, 0.5) is 0 Å². The van der Waals surface area contributed by atoms with Gasteiger partial charge in [0.25, 0.3) is 0 Å². The summed E-state index contributed by atoms with van der Waals surface area (Å²) in [5, 5.41) is 0. The molecule has 0 spiro atoms. The molecule has 0 aromatic carbocycles. The Labute approximate surface area is 117 Å². The molecule has 0 saturated heterocycles. The van der Waals surface area contributed by atoms with Gasteiger partial charge in [0.1, 0.15) is 0 Å². The van der Waals surface area contributed by atoms with Crippen molar-refractivity contribution in [2.24, 2.45) is 11.8 Å². The van der Waals surface area contributed by atoms with E-state index in [9.17, 15) is 0 Å². The zero-order valence-electron chi connectivity index (χ0n) is 13.6. The van der Waals surface area contributed by atoms with Crippen LogP contribution in [-0.2, 0) is 0 Å². The highest BCUT2D eigenvalue weighted by Crippen LogP contribution is 2.20. The highest BCUT2D eigenvalue weighted by molar-refractivity contribution is 4.58. The van der Waals surface area contributed by atoms with Crippen LogP contribution in [0.2, 0.25) is 0 Å². The van der Waals surface area contributed by atoms with Crippen molar-refractivity contribution in [3.8, 4) is 0 Å². The first-order valence-electron chi connectivity index (χ1n) is 8.74. The van der Waals surface area contributed by atoms with Crippen LogP contribution in [0.25, 0.3) is 0 Å². The Morgan fingerprint density at radius 3 is 1.78 bits per heavy atom. The van der Waals surface area contributed by atoms with Crippen LogP contribution >= 0.6 is 0 Å². The van der Waals surface area contributed by atoms with E-state index in [0.29, 0.717) is 0 Å². The first-order chi connectivity index (χ1) is 8.74. The molecule has 0 aromatic heterocycles. The molecule has 0 bridgehead atoms. The molecular weight excluding hydrogens is 216 g/mol. The molecule has 0 heterocycles. The van der Waals surface area contributed by atoms with E-state index in [1.807, 2.05) is 0 Å². The van der Waals surface area contributed by atoms with Crippen LogP contribution in [0.1, 0.15) is 105 Å². The summed E-state index contributed by atoms with van der Waals surface area (Å²) in [5.74, 6) is 1.98. The normalized spacial score (nSPS) is 14.7. The minimum atomic E-state index is 0.966. The van der Waals surface area contributed by atoms with Gasteiger partial charge in [-0.25, -0.2) is 0 Å². The molecule has 0 aliphatic heterocycles. The SMILES string of the molecule is CCCCC(C)CCCCCCC(CC)CCC. The quantitative estimate of drug-likeness (QED) is 0.311. The molecule has 110 valence electrons. The standard InChI is InChI=1S/C18H38/c1-5-8-14-17(4)15-11-9-10-12-16-18(7-3)13-6-2/h17-18H,5-16H2,1-4H3. The van der Waals surface area contributed by atoms with Gasteiger partial charge in [0.05, 0.1) is 0 Å². The number of unbranched alkanes of at least 4 members (excludes halogenated alkanes) is 4. The van der Waals surface area contributed by atoms with Gasteiger partial charge in [-0.15, -0.1) is 0 Å². The Balaban J connectivity index is 3.29. The fourth-order valence-corrected chi connectivity index (χ4v) is 2.94. The number of hydrogen-bond donors (Lipinski definition) is 0. The molecule has 0 saturated carbocycles. The van der Waals surface area contributed by atoms with Crippen molar-refractivity contribution >= 4 is 0 Å². The monoisotopic (exact) mass is 254 g/mol. The Kier molecular flexibility index (Phi) is 13.4. The third kappa shape index (κ3) is 11.1. The van der Waals surface area contributed by atoms with Gasteiger partial charge in [0.15, 0.2) is 0 Å². The van der Waals surface area contributed by atoms with Gasteiger partial charge >= 0.3 is 0 Å². The number of hydrogen-bond acceptors (Lipinski definition) is 0. The predicted octanol–water partition coefficient (Wildman–Crippen LogP) is 6.98. The molecule has 0 rings (SSSR count). The third-order valence-electron chi connectivity index (χ3n) is 4.38. The summed E-state index contributed by atoms with van der Waals surface area (Å²) in [6.07, 6.45) is 17.3. The first kappa shape index (κ1) is 18.0. The van der Waals surface area contributed by atoms with Crippen molar-refractivity contribution in [2.45, 2.75) is 105 Å². The second-order valence-corrected chi connectivity index (χ2v) is 6.30. The van der Waals surface area contributed by atoms with Crippen molar-refractivity contribution < 1.29 is 0 Å². The highest BCUT2D eigenvalue weighted by atomic mass is 14.1. The van der Waals surface area contributed by atoms with Crippen LogP contribution in [-0.4, -0.2) is 0 Å². The van der Waals surface area contributed by atoms with Crippen molar-refractivity contribution in [1.29, 1.82) is 0 Å². The largest absolute Gasteiger partial charge is 0.0654 e. The van der Waals surface area contributed by atoms with Crippen molar-refractivity contribution in [3.63, 3.8) is 0 Å². The van der Waals surface area contributed by atoms with E-state index in [2.05, 4.69) is 27.7 Å². The minimum absolute atomic E-state index is 0.966. The molecule has 0 fully saturated rings. The summed E-state index contributed by atoms with van der Waals surface area (Å²) in [4.78, 5) is 0. The van der Waals surface area contributed by atoms with Gasteiger partial charge in [0.2, 0.25) is 0 Å². The van der Waals surface area contributed by atoms with E-state index < -0.39 is 0 Å². The van der Waals surface area contributed by atoms with Crippen LogP contribution in [0.15, 0.2) is 0 Å². The lowest BCUT2D eigenvalue weighted by atomic mass is 9.93. The minimum Gasteiger partial charge on any atom is -0.0654 e. The van der Waals surface area contributed by atoms with E-state index in [-0.39, 0.29) is 0 Å². The van der Waals surface area contributed by atoms with Crippen molar-refractivity contribution in [2.75, 3.05) is 0 Å². The van der Waals surface area contributed by atoms with E-state index in [0.717, 1.165) is 11.8 Å². The van der Waals surface area contributed by atoms with Gasteiger partial charge in [-0.2, -0.15) is 0 Å². The van der Waals surface area contributed by atoms with Crippen LogP contribution in [0.3, 0.4) is 0 Å². The molecule has 0 nitrogen and oxygen atoms in total. The molecular formula is C18H38. The summed E-state index contributed by atoms with van der Waals surface area (Å²) < 4.78 is 0. The Hall–Kier alpha value is 0. The maximum absolute atomic E-state index is 2.43. The smallest absolute Gasteiger partial charge is 0.0417 e. The zero-order chi connectivity index (χ0) is 13.6. The molecule has 18 heavy (non-hydrogen) atoms. The molecule has 0 aliphatic rings. The summed E-state index contributed by atoms with van der Waals surface area (Å²) in [6.45, 7) is 9.41. The van der Waals surface area contributed by atoms with Crippen LogP contribution in [0.5, 0.6) is 0 Å². The molecule has 2 atom stereocenters. The topological polar surface area (TPSA) is 0 Å². The Morgan fingerprint density at radius 2 is 1.22 bits per heavy atom. The predicted molar refractivity (Wildman–Crippen MR) is 85.1 cm³/mol. The maximum Gasteiger partial charge on any atom is -0.0417 e. The van der Waals surface area contributed by atoms with Gasteiger partial charge in [0, 0.05) is 0 Å². The lowest BCUT2D eigenvalue weighted by molar-refractivity contribution is 0.399. The second kappa shape index (κ2) is 13.4.